The van der Waals surface area contributed by atoms with Crippen LogP contribution in [-0.2, 0) is 4.79 Å². The lowest BCUT2D eigenvalue weighted by Gasteiger charge is -2.45. The summed E-state index contributed by atoms with van der Waals surface area (Å²) in [6, 6.07) is 0. The van der Waals surface area contributed by atoms with Crippen molar-refractivity contribution in [2.24, 2.45) is 0 Å². The number of amides is 1. The highest BCUT2D eigenvalue weighted by Crippen LogP contribution is 2.42. The Balaban J connectivity index is 2.17. The van der Waals surface area contributed by atoms with Gasteiger partial charge in [-0.25, -0.2) is 0 Å². The molecule has 2 fully saturated rings. The third kappa shape index (κ3) is 3.52. The largest absolute Gasteiger partial charge is 0.354 e. The fourth-order valence-corrected chi connectivity index (χ4v) is 5.19. The molecule has 0 aromatic carbocycles. The van der Waals surface area contributed by atoms with Crippen LogP contribution in [0.2, 0.25) is 0 Å². The lowest BCUT2D eigenvalue weighted by atomic mass is 9.42. The van der Waals surface area contributed by atoms with Crippen molar-refractivity contribution < 1.29 is 4.79 Å². The van der Waals surface area contributed by atoms with Crippen molar-refractivity contribution in [1.82, 2.24) is 5.32 Å². The van der Waals surface area contributed by atoms with Crippen LogP contribution in [-0.4, -0.2) is 21.9 Å². The fraction of sp³-hybridized carbons (Fsp3) is 0.786. The second-order valence-electron chi connectivity index (χ2n) is 6.07. The number of carbonyl (C=O) groups is 1. The third-order valence-corrected chi connectivity index (χ3v) is 6.00. The lowest BCUT2D eigenvalue weighted by molar-refractivity contribution is -0.117. The van der Waals surface area contributed by atoms with Gasteiger partial charge in [0.2, 0.25) is 5.91 Å². The van der Waals surface area contributed by atoms with Gasteiger partial charge < -0.3 is 5.32 Å². The average molecular weight is 359 g/mol. The maximum absolute atomic E-state index is 11.7. The monoisotopic (exact) mass is 359 g/mol. The van der Waals surface area contributed by atoms with Crippen LogP contribution in [0.3, 0.4) is 0 Å². The lowest BCUT2D eigenvalue weighted by Crippen LogP contribution is -2.60. The summed E-state index contributed by atoms with van der Waals surface area (Å²) in [4.78, 5) is 11.7. The quantitative estimate of drug-likeness (QED) is 0.349. The van der Waals surface area contributed by atoms with Gasteiger partial charge in [0.05, 0.1) is 0 Å². The molecule has 1 amide bonds. The van der Waals surface area contributed by atoms with Crippen LogP contribution in [0, 0.1) is 0 Å². The van der Waals surface area contributed by atoms with Gasteiger partial charge >= 0.3 is 0 Å². The molecule has 2 rings (SSSR count). The third-order valence-electron chi connectivity index (χ3n) is 4.54. The second-order valence-corrected chi connectivity index (χ2v) is 8.36. The van der Waals surface area contributed by atoms with Gasteiger partial charge in [0, 0.05) is 5.44 Å². The number of carbonyl (C=O) groups excluding carboxylic acids is 1. The van der Waals surface area contributed by atoms with E-state index < -0.39 is 0 Å². The van der Waals surface area contributed by atoms with E-state index in [0.717, 1.165) is 20.1 Å². The van der Waals surface area contributed by atoms with Gasteiger partial charge in [-0.05, 0) is 35.1 Å². The molecule has 0 radical (unpaired) electrons. The molecule has 1 N–H and O–H groups in total. The number of rotatable bonds is 2. The van der Waals surface area contributed by atoms with E-state index >= 15 is 0 Å². The normalized spacial score (nSPS) is 36.5. The smallest absolute Gasteiger partial charge is 0.243 e. The zero-order valence-corrected chi connectivity index (χ0v) is 13.3. The summed E-state index contributed by atoms with van der Waals surface area (Å²) < 4.78 is 0.412. The molecule has 2 unspecified atom stereocenters. The van der Waals surface area contributed by atoms with Gasteiger partial charge in [0.25, 0.3) is 0 Å². The van der Waals surface area contributed by atoms with Gasteiger partial charge in [-0.2, -0.15) is 0 Å². The molecule has 2 saturated heterocycles. The molecule has 2 aliphatic heterocycles. The molecule has 0 aliphatic carbocycles. The van der Waals surface area contributed by atoms with Crippen LogP contribution in [0.25, 0.3) is 0 Å². The van der Waals surface area contributed by atoms with Crippen molar-refractivity contribution >= 4 is 35.8 Å². The zero-order chi connectivity index (χ0) is 13.1. The first-order valence-electron chi connectivity index (χ1n) is 7.21. The van der Waals surface area contributed by atoms with Crippen LogP contribution in [0.4, 0.5) is 0 Å². The van der Waals surface area contributed by atoms with Crippen LogP contribution < -0.4 is 5.32 Å². The molecule has 2 atom stereocenters. The van der Waals surface area contributed by atoms with Crippen molar-refractivity contribution in [2.75, 3.05) is 0 Å². The standard InChI is InChI=1S/C14H23BINO/c1-2-12(18)17-14-10-6-4-3-5-8-13(16,15-14)9-7-11-14/h2,15H,1,3-11H2,(H,17,18). The highest BCUT2D eigenvalue weighted by molar-refractivity contribution is 14.1. The Hall–Kier alpha value is 0.00494. The second kappa shape index (κ2) is 5.97. The molecule has 2 aliphatic rings. The van der Waals surface area contributed by atoms with E-state index in [1.807, 2.05) is 0 Å². The summed E-state index contributed by atoms with van der Waals surface area (Å²) >= 11 is 2.67. The van der Waals surface area contributed by atoms with E-state index in [1.54, 1.807) is 0 Å². The average Bonchev–Trinajstić information content (AvgIpc) is 2.37. The first-order valence-corrected chi connectivity index (χ1v) is 8.29. The SMILES string of the molecule is C=CC(=O)NC12BC(I)(CCCCCC1)CCC2. The number of hydrogen-bond acceptors (Lipinski definition) is 1. The van der Waals surface area contributed by atoms with Crippen LogP contribution >= 0.6 is 22.6 Å². The maximum Gasteiger partial charge on any atom is 0.243 e. The van der Waals surface area contributed by atoms with Crippen molar-refractivity contribution in [3.8, 4) is 0 Å². The van der Waals surface area contributed by atoms with E-state index in [0.29, 0.717) is 3.32 Å². The van der Waals surface area contributed by atoms with Crippen molar-refractivity contribution in [3.63, 3.8) is 0 Å². The Labute approximate surface area is 125 Å². The molecule has 2 bridgehead atoms. The minimum atomic E-state index is 0.00916. The number of hydrogen-bond donors (Lipinski definition) is 1. The Morgan fingerprint density at radius 1 is 1.11 bits per heavy atom. The minimum Gasteiger partial charge on any atom is -0.354 e. The summed E-state index contributed by atoms with van der Waals surface area (Å²) in [5, 5.41) is 3.27. The van der Waals surface area contributed by atoms with E-state index in [-0.39, 0.29) is 11.3 Å². The van der Waals surface area contributed by atoms with Crippen LogP contribution in [0.15, 0.2) is 12.7 Å². The summed E-state index contributed by atoms with van der Waals surface area (Å²) in [6.45, 7) is 3.59. The summed E-state index contributed by atoms with van der Waals surface area (Å²) in [5.41, 5.74) is 0.0506. The van der Waals surface area contributed by atoms with E-state index in [4.69, 9.17) is 0 Å². The Morgan fingerprint density at radius 2 is 1.72 bits per heavy atom. The Bertz CT molecular complexity index is 336. The maximum atomic E-state index is 11.7. The van der Waals surface area contributed by atoms with Gasteiger partial charge in [0.15, 0.2) is 7.28 Å². The molecule has 2 nitrogen and oxygen atoms in total. The Morgan fingerprint density at radius 3 is 2.44 bits per heavy atom. The number of nitrogens with one attached hydrogen (secondary N) is 1. The molecular formula is C14H23BINO. The first-order chi connectivity index (χ1) is 8.58. The molecule has 0 spiro atoms. The number of fused-ring (bicyclic) bond motifs is 2. The molecular weight excluding hydrogens is 336 g/mol. The predicted molar refractivity (Wildman–Crippen MR) is 86.5 cm³/mol. The molecule has 4 heteroatoms. The summed E-state index contributed by atoms with van der Waals surface area (Å²) in [5.74, 6) is 0.00916. The topological polar surface area (TPSA) is 29.1 Å². The number of alkyl halides is 1. The highest BCUT2D eigenvalue weighted by Gasteiger charge is 2.45. The molecule has 0 aromatic heterocycles. The first kappa shape index (κ1) is 14.4. The van der Waals surface area contributed by atoms with E-state index in [1.165, 1.54) is 51.0 Å². The van der Waals surface area contributed by atoms with Gasteiger partial charge in [0.1, 0.15) is 0 Å². The zero-order valence-electron chi connectivity index (χ0n) is 11.1. The molecule has 0 aromatic rings. The van der Waals surface area contributed by atoms with Crippen molar-refractivity contribution in [3.05, 3.63) is 12.7 Å². The van der Waals surface area contributed by atoms with Gasteiger partial charge in [-0.3, -0.25) is 4.79 Å². The Kier molecular flexibility index (Phi) is 4.78. The van der Waals surface area contributed by atoms with Crippen molar-refractivity contribution in [2.45, 2.75) is 66.5 Å². The predicted octanol–water partition coefficient (Wildman–Crippen LogP) is 3.09. The molecule has 18 heavy (non-hydrogen) atoms. The highest BCUT2D eigenvalue weighted by atomic mass is 127. The number of halogens is 1. The van der Waals surface area contributed by atoms with E-state index in [2.05, 4.69) is 34.5 Å². The summed E-state index contributed by atoms with van der Waals surface area (Å²) in [7, 11) is 1.15. The minimum absolute atomic E-state index is 0.00916. The fourth-order valence-electron chi connectivity index (χ4n) is 3.69. The van der Waals surface area contributed by atoms with Crippen molar-refractivity contribution in [1.29, 1.82) is 0 Å². The van der Waals surface area contributed by atoms with E-state index in [9.17, 15) is 4.79 Å². The summed E-state index contributed by atoms with van der Waals surface area (Å²) in [6.07, 6.45) is 12.9. The van der Waals surface area contributed by atoms with Gasteiger partial charge in [-0.1, -0.05) is 61.3 Å². The van der Waals surface area contributed by atoms with Crippen LogP contribution in [0.5, 0.6) is 0 Å². The molecule has 2 heterocycles. The molecule has 0 saturated carbocycles. The molecule has 100 valence electrons. The van der Waals surface area contributed by atoms with Gasteiger partial charge in [-0.15, -0.1) is 0 Å². The van der Waals surface area contributed by atoms with Crippen LogP contribution in [0.1, 0.15) is 57.8 Å².